The molecule has 0 aromatic heterocycles. The third-order valence-electron chi connectivity index (χ3n) is 3.85. The van der Waals surface area contributed by atoms with Crippen LogP contribution in [0.3, 0.4) is 0 Å². The monoisotopic (exact) mass is 384 g/mol. The third kappa shape index (κ3) is 4.55. The fraction of sp³-hybridized carbons (Fsp3) is 0.500. The van der Waals surface area contributed by atoms with E-state index in [0.717, 1.165) is 6.26 Å². The lowest BCUT2D eigenvalue weighted by Gasteiger charge is -2.34. The quantitative estimate of drug-likeness (QED) is 0.808. The van der Waals surface area contributed by atoms with Crippen molar-refractivity contribution < 1.29 is 26.7 Å². The van der Waals surface area contributed by atoms with Gasteiger partial charge in [-0.1, -0.05) is 6.07 Å². The van der Waals surface area contributed by atoms with Crippen molar-refractivity contribution in [3.8, 4) is 5.75 Å². The number of alkyl halides is 2. The maximum Gasteiger partial charge on any atom is 0.387 e. The first kappa shape index (κ1) is 20.6. The summed E-state index contributed by atoms with van der Waals surface area (Å²) >= 11 is 0. The summed E-state index contributed by atoms with van der Waals surface area (Å²) < 4.78 is 51.5. The maximum absolute atomic E-state index is 12.6. The van der Waals surface area contributed by atoms with Crippen LogP contribution in [0.2, 0.25) is 0 Å². The lowest BCUT2D eigenvalue weighted by Crippen LogP contribution is -2.55. The molecule has 6 nitrogen and oxygen atoms in total. The van der Waals surface area contributed by atoms with Gasteiger partial charge in [0, 0.05) is 18.0 Å². The summed E-state index contributed by atoms with van der Waals surface area (Å²) in [6, 6.07) is 5.45. The van der Waals surface area contributed by atoms with Gasteiger partial charge >= 0.3 is 6.61 Å². The minimum Gasteiger partial charge on any atom is -0.435 e. The molecule has 24 heavy (non-hydrogen) atoms. The Kier molecular flexibility index (Phi) is 6.94. The Labute approximate surface area is 145 Å². The lowest BCUT2D eigenvalue weighted by atomic mass is 9.95. The Morgan fingerprint density at radius 3 is 2.50 bits per heavy atom. The number of hydrogen-bond donors (Lipinski definition) is 2. The van der Waals surface area contributed by atoms with E-state index >= 15 is 0 Å². The van der Waals surface area contributed by atoms with E-state index in [1.807, 2.05) is 0 Å². The lowest BCUT2D eigenvalue weighted by molar-refractivity contribution is -0.119. The fourth-order valence-corrected chi connectivity index (χ4v) is 3.93. The highest BCUT2D eigenvalue weighted by Crippen LogP contribution is 2.30. The number of carbonyl (C=O) groups is 1. The first-order valence-corrected chi connectivity index (χ1v) is 8.90. The number of amides is 1. The van der Waals surface area contributed by atoms with Crippen molar-refractivity contribution >= 4 is 33.8 Å². The minimum absolute atomic E-state index is 0. The summed E-state index contributed by atoms with van der Waals surface area (Å²) in [4.78, 5) is 12.6. The van der Waals surface area contributed by atoms with E-state index in [2.05, 4.69) is 15.4 Å². The highest BCUT2D eigenvalue weighted by Gasteiger charge is 2.48. The van der Waals surface area contributed by atoms with Crippen LogP contribution in [0.15, 0.2) is 24.3 Å². The van der Waals surface area contributed by atoms with Crippen LogP contribution in [-0.4, -0.2) is 45.0 Å². The van der Waals surface area contributed by atoms with Crippen molar-refractivity contribution in [2.45, 2.75) is 24.2 Å². The highest BCUT2D eigenvalue weighted by atomic mass is 35.5. The average Bonchev–Trinajstić information content (AvgIpc) is 2.46. The third-order valence-corrected chi connectivity index (χ3v) is 5.87. The van der Waals surface area contributed by atoms with Crippen molar-refractivity contribution in [3.05, 3.63) is 24.3 Å². The summed E-state index contributed by atoms with van der Waals surface area (Å²) in [6.07, 6.45) is 1.35. The van der Waals surface area contributed by atoms with Crippen LogP contribution in [0.25, 0.3) is 0 Å². The van der Waals surface area contributed by atoms with Crippen LogP contribution in [0, 0.1) is 0 Å². The summed E-state index contributed by atoms with van der Waals surface area (Å²) in [5.74, 6) is -0.771. The molecule has 0 atom stereocenters. The molecule has 0 aliphatic carbocycles. The van der Waals surface area contributed by atoms with E-state index in [1.54, 1.807) is 0 Å². The number of piperidine rings is 1. The van der Waals surface area contributed by atoms with Crippen LogP contribution >= 0.6 is 12.4 Å². The molecule has 1 aliphatic heterocycles. The molecule has 10 heteroatoms. The van der Waals surface area contributed by atoms with E-state index in [0.29, 0.717) is 13.1 Å². The molecule has 1 aromatic rings. The molecule has 2 rings (SSSR count). The molecule has 1 aliphatic rings. The molecule has 0 radical (unpaired) electrons. The Morgan fingerprint density at radius 1 is 1.33 bits per heavy atom. The smallest absolute Gasteiger partial charge is 0.387 e. The molecule has 1 aromatic carbocycles. The molecular formula is C14H19ClF2N2O4S. The van der Waals surface area contributed by atoms with E-state index in [1.165, 1.54) is 24.3 Å². The zero-order chi connectivity index (χ0) is 17.1. The average molecular weight is 385 g/mol. The molecule has 1 heterocycles. The van der Waals surface area contributed by atoms with Crippen molar-refractivity contribution in [1.82, 2.24) is 5.32 Å². The van der Waals surface area contributed by atoms with Crippen LogP contribution in [0.1, 0.15) is 12.8 Å². The van der Waals surface area contributed by atoms with E-state index in [-0.39, 0.29) is 36.7 Å². The predicted octanol–water partition coefficient (Wildman–Crippen LogP) is 1.82. The normalized spacial score (nSPS) is 17.0. The number of halogens is 3. The van der Waals surface area contributed by atoms with Gasteiger partial charge in [-0.25, -0.2) is 8.42 Å². The summed E-state index contributed by atoms with van der Waals surface area (Å²) in [5, 5.41) is 5.52. The zero-order valence-electron chi connectivity index (χ0n) is 12.9. The second kappa shape index (κ2) is 8.09. The second-order valence-electron chi connectivity index (χ2n) is 5.38. The summed E-state index contributed by atoms with van der Waals surface area (Å²) in [5.41, 5.74) is 0.203. The van der Waals surface area contributed by atoms with Crippen molar-refractivity contribution in [3.63, 3.8) is 0 Å². The van der Waals surface area contributed by atoms with Gasteiger partial charge in [0.15, 0.2) is 14.6 Å². The predicted molar refractivity (Wildman–Crippen MR) is 88.6 cm³/mol. The highest BCUT2D eigenvalue weighted by molar-refractivity contribution is 7.92. The Balaban J connectivity index is 0.00000288. The summed E-state index contributed by atoms with van der Waals surface area (Å²) in [6.45, 7) is -2.16. The molecule has 1 saturated heterocycles. The maximum atomic E-state index is 12.6. The first-order chi connectivity index (χ1) is 10.7. The number of benzene rings is 1. The van der Waals surface area contributed by atoms with Crippen LogP contribution < -0.4 is 15.4 Å². The standard InChI is InChI=1S/C14H18F2N2O4S.ClH/c1-23(20,21)14(5-7-17-8-6-14)12(19)18-10-3-2-4-11(9-10)22-13(15)16;/h2-4,9,13,17H,5-8H2,1H3,(H,18,19);1H. The van der Waals surface area contributed by atoms with E-state index in [9.17, 15) is 22.0 Å². The van der Waals surface area contributed by atoms with Crippen molar-refractivity contribution in [2.75, 3.05) is 24.7 Å². The SMILES string of the molecule is CS(=O)(=O)C1(C(=O)Nc2cccc(OC(F)F)c2)CCNCC1.Cl. The minimum atomic E-state index is -3.64. The number of ether oxygens (including phenoxy) is 1. The van der Waals surface area contributed by atoms with Crippen molar-refractivity contribution in [1.29, 1.82) is 0 Å². The Bertz CT molecular complexity index is 679. The molecule has 0 spiro atoms. The molecular weight excluding hydrogens is 366 g/mol. The van der Waals surface area contributed by atoms with Gasteiger partial charge in [-0.2, -0.15) is 8.78 Å². The van der Waals surface area contributed by atoms with Gasteiger partial charge in [0.25, 0.3) is 0 Å². The topological polar surface area (TPSA) is 84.5 Å². The van der Waals surface area contributed by atoms with E-state index < -0.39 is 27.1 Å². The van der Waals surface area contributed by atoms with Gasteiger partial charge in [-0.3, -0.25) is 4.79 Å². The molecule has 2 N–H and O–H groups in total. The fourth-order valence-electron chi connectivity index (χ4n) is 2.59. The number of sulfone groups is 1. The Hall–Kier alpha value is -1.45. The number of rotatable bonds is 5. The van der Waals surface area contributed by atoms with Gasteiger partial charge in [-0.15, -0.1) is 12.4 Å². The largest absolute Gasteiger partial charge is 0.435 e. The molecule has 0 saturated carbocycles. The number of hydrogen-bond acceptors (Lipinski definition) is 5. The Morgan fingerprint density at radius 2 is 1.96 bits per heavy atom. The molecule has 0 bridgehead atoms. The summed E-state index contributed by atoms with van der Waals surface area (Å²) in [7, 11) is -3.64. The van der Waals surface area contributed by atoms with Gasteiger partial charge in [0.05, 0.1) is 0 Å². The van der Waals surface area contributed by atoms with Crippen LogP contribution in [-0.2, 0) is 14.6 Å². The molecule has 1 fully saturated rings. The van der Waals surface area contributed by atoms with Crippen molar-refractivity contribution in [2.24, 2.45) is 0 Å². The van der Waals surface area contributed by atoms with Gasteiger partial charge in [0.1, 0.15) is 5.75 Å². The molecule has 0 unspecified atom stereocenters. The number of carbonyl (C=O) groups excluding carboxylic acids is 1. The van der Waals surface area contributed by atoms with E-state index in [4.69, 9.17) is 0 Å². The van der Waals surface area contributed by atoms with Gasteiger partial charge < -0.3 is 15.4 Å². The number of nitrogens with one attached hydrogen (secondary N) is 2. The molecule has 136 valence electrons. The molecule has 1 amide bonds. The number of anilines is 1. The van der Waals surface area contributed by atoms with Crippen LogP contribution in [0.4, 0.5) is 14.5 Å². The van der Waals surface area contributed by atoms with Crippen LogP contribution in [0.5, 0.6) is 5.75 Å². The zero-order valence-corrected chi connectivity index (χ0v) is 14.6. The first-order valence-electron chi connectivity index (χ1n) is 7.01. The van der Waals surface area contributed by atoms with Gasteiger partial charge in [-0.05, 0) is 38.1 Å². The van der Waals surface area contributed by atoms with Gasteiger partial charge in [0.2, 0.25) is 5.91 Å². The second-order valence-corrected chi connectivity index (χ2v) is 7.70.